The van der Waals surface area contributed by atoms with Gasteiger partial charge in [0.15, 0.2) is 11.6 Å². The average molecular weight is 462 g/mol. The van der Waals surface area contributed by atoms with Crippen LogP contribution in [0.15, 0.2) is 66.9 Å². The lowest BCUT2D eigenvalue weighted by molar-refractivity contribution is -0.275. The molecule has 2 aromatic carbocycles. The van der Waals surface area contributed by atoms with Crippen LogP contribution in [0.2, 0.25) is 0 Å². The van der Waals surface area contributed by atoms with Gasteiger partial charge in [0.2, 0.25) is 0 Å². The molecule has 0 saturated heterocycles. The Kier molecular flexibility index (Phi) is 7.60. The third kappa shape index (κ3) is 6.76. The third-order valence-electron chi connectivity index (χ3n) is 4.47. The highest BCUT2D eigenvalue weighted by molar-refractivity contribution is 5.95. The van der Waals surface area contributed by atoms with Gasteiger partial charge in [-0.2, -0.15) is 0 Å². The lowest BCUT2D eigenvalue weighted by Gasteiger charge is -2.25. The number of nitrogens with one attached hydrogen (secondary N) is 1. The van der Waals surface area contributed by atoms with Crippen LogP contribution >= 0.6 is 0 Å². The molecular weight excluding hydrogens is 444 g/mol. The van der Waals surface area contributed by atoms with Crippen LogP contribution < -0.4 is 14.8 Å². The zero-order valence-electron chi connectivity index (χ0n) is 17.0. The molecule has 1 aliphatic heterocycles. The Labute approximate surface area is 186 Å². The molecule has 1 aromatic heterocycles. The normalized spacial score (nSPS) is 14.6. The van der Waals surface area contributed by atoms with Crippen LogP contribution in [0.5, 0.6) is 11.5 Å². The van der Waals surface area contributed by atoms with E-state index in [-0.39, 0.29) is 11.9 Å². The number of alkyl halides is 3. The summed E-state index contributed by atoms with van der Waals surface area (Å²) in [6.07, 6.45) is -1.73. The minimum absolute atomic E-state index is 0.159. The van der Waals surface area contributed by atoms with Crippen LogP contribution in [-0.2, 0) is 0 Å². The Hall–Kier alpha value is -3.95. The number of rotatable bonds is 4. The summed E-state index contributed by atoms with van der Waals surface area (Å²) in [5.41, 5.74) is 1.82. The second-order valence-electron chi connectivity index (χ2n) is 6.77. The van der Waals surface area contributed by atoms with Crippen molar-refractivity contribution in [3.05, 3.63) is 89.5 Å². The Morgan fingerprint density at radius 2 is 1.82 bits per heavy atom. The first-order chi connectivity index (χ1) is 15.8. The Morgan fingerprint density at radius 1 is 1.09 bits per heavy atom. The predicted octanol–water partition coefficient (Wildman–Crippen LogP) is 4.87. The van der Waals surface area contributed by atoms with Gasteiger partial charge in [0, 0.05) is 23.7 Å². The molecule has 33 heavy (non-hydrogen) atoms. The maximum Gasteiger partial charge on any atom is 0.573 e. The number of para-hydroxylation sites is 1. The number of halogens is 4. The highest BCUT2D eigenvalue weighted by atomic mass is 19.4. The number of carbonyl (C=O) groups excluding carboxylic acids is 2. The number of amides is 1. The fraction of sp³-hybridized carbons (Fsp3) is 0.174. The summed E-state index contributed by atoms with van der Waals surface area (Å²) >= 11 is 0. The molecule has 1 atom stereocenters. The summed E-state index contributed by atoms with van der Waals surface area (Å²) in [5.74, 6) is -1.32. The lowest BCUT2D eigenvalue weighted by atomic mass is 10.1. The van der Waals surface area contributed by atoms with Crippen molar-refractivity contribution in [2.75, 3.05) is 6.61 Å². The number of aldehydes is 1. The molecule has 0 radical (unpaired) electrons. The van der Waals surface area contributed by atoms with E-state index < -0.39 is 17.9 Å². The molecule has 10 heteroatoms. The fourth-order valence-corrected chi connectivity index (χ4v) is 2.96. The van der Waals surface area contributed by atoms with Crippen molar-refractivity contribution in [3.63, 3.8) is 0 Å². The first kappa shape index (κ1) is 23.7. The maximum atomic E-state index is 12.5. The minimum atomic E-state index is -4.85. The van der Waals surface area contributed by atoms with Crippen molar-refractivity contribution in [1.82, 2.24) is 10.3 Å². The van der Waals surface area contributed by atoms with Gasteiger partial charge < -0.3 is 14.8 Å². The number of hydrogen-bond donors (Lipinski definition) is 1. The van der Waals surface area contributed by atoms with E-state index >= 15 is 0 Å². The molecule has 0 saturated carbocycles. The number of ether oxygens (including phenoxy) is 2. The third-order valence-corrected chi connectivity index (χ3v) is 4.47. The smallest absolute Gasteiger partial charge is 0.491 e. The zero-order valence-corrected chi connectivity index (χ0v) is 17.0. The monoisotopic (exact) mass is 462 g/mol. The summed E-state index contributed by atoms with van der Waals surface area (Å²) in [7, 11) is 0. The standard InChI is InChI=1S/C16H14N2O3.C7H4F4O/c19-10-11-3-5-12(6-4-11)16(20)18-13-7-9-21-14-2-1-8-17-15(13)14;8-5-3-1-2-4-6(5)12-7(9,10)11/h1-6,8,10,13H,7,9H2,(H,18,20);1-4H. The molecular formula is C23H18F4N2O4. The molecule has 0 bridgehead atoms. The molecule has 4 rings (SSSR count). The summed E-state index contributed by atoms with van der Waals surface area (Å²) in [6.45, 7) is 0.549. The molecule has 172 valence electrons. The molecule has 0 aliphatic carbocycles. The number of pyridine rings is 1. The van der Waals surface area contributed by atoms with Gasteiger partial charge in [-0.1, -0.05) is 24.3 Å². The zero-order chi connectivity index (χ0) is 23.8. The van der Waals surface area contributed by atoms with Gasteiger partial charge in [0.05, 0.1) is 12.6 Å². The van der Waals surface area contributed by atoms with Crippen LogP contribution in [0.1, 0.15) is 38.9 Å². The summed E-state index contributed by atoms with van der Waals surface area (Å²) in [5, 5.41) is 2.96. The first-order valence-electron chi connectivity index (χ1n) is 9.71. The van der Waals surface area contributed by atoms with Gasteiger partial charge in [0.1, 0.15) is 17.7 Å². The molecule has 3 aromatic rings. The molecule has 1 N–H and O–H groups in total. The number of carbonyl (C=O) groups is 2. The Balaban J connectivity index is 0.000000218. The molecule has 0 fully saturated rings. The van der Waals surface area contributed by atoms with Gasteiger partial charge >= 0.3 is 6.36 Å². The molecule has 0 spiro atoms. The number of fused-ring (bicyclic) bond motifs is 1. The van der Waals surface area contributed by atoms with Gasteiger partial charge in [0.25, 0.3) is 5.91 Å². The van der Waals surface area contributed by atoms with Crippen molar-refractivity contribution in [2.45, 2.75) is 18.8 Å². The number of nitrogens with zero attached hydrogens (tertiary/aromatic N) is 1. The quantitative estimate of drug-likeness (QED) is 0.442. The van der Waals surface area contributed by atoms with Crippen LogP contribution in [0.4, 0.5) is 17.6 Å². The Morgan fingerprint density at radius 3 is 2.48 bits per heavy atom. The van der Waals surface area contributed by atoms with Crippen molar-refractivity contribution in [3.8, 4) is 11.5 Å². The second kappa shape index (κ2) is 10.6. The van der Waals surface area contributed by atoms with Gasteiger partial charge in [-0.3, -0.25) is 14.6 Å². The van der Waals surface area contributed by atoms with Crippen LogP contribution in [0, 0.1) is 5.82 Å². The first-order valence-corrected chi connectivity index (χ1v) is 9.71. The van der Waals surface area contributed by atoms with E-state index in [4.69, 9.17) is 4.74 Å². The molecule has 6 nitrogen and oxygen atoms in total. The van der Waals surface area contributed by atoms with Crippen molar-refractivity contribution >= 4 is 12.2 Å². The summed E-state index contributed by atoms with van der Waals surface area (Å²) < 4.78 is 56.0. The van der Waals surface area contributed by atoms with Gasteiger partial charge in [-0.15, -0.1) is 13.2 Å². The van der Waals surface area contributed by atoms with E-state index in [1.165, 1.54) is 12.1 Å². The number of hydrogen-bond acceptors (Lipinski definition) is 5. The predicted molar refractivity (Wildman–Crippen MR) is 109 cm³/mol. The number of aromatic nitrogens is 1. The van der Waals surface area contributed by atoms with Gasteiger partial charge in [-0.05, 0) is 36.4 Å². The van der Waals surface area contributed by atoms with Crippen LogP contribution in [0.25, 0.3) is 0 Å². The SMILES string of the molecule is Fc1ccccc1OC(F)(F)F.O=Cc1ccc(C(=O)NC2CCOc3cccnc32)cc1. The highest BCUT2D eigenvalue weighted by Gasteiger charge is 2.32. The second-order valence-corrected chi connectivity index (χ2v) is 6.77. The molecule has 1 unspecified atom stereocenters. The van der Waals surface area contributed by atoms with E-state index in [9.17, 15) is 27.2 Å². The van der Waals surface area contributed by atoms with Crippen molar-refractivity contribution in [2.24, 2.45) is 0 Å². The largest absolute Gasteiger partial charge is 0.573 e. The maximum absolute atomic E-state index is 12.5. The average Bonchev–Trinajstić information content (AvgIpc) is 2.80. The van der Waals surface area contributed by atoms with E-state index in [1.54, 1.807) is 36.5 Å². The molecule has 2 heterocycles. The van der Waals surface area contributed by atoms with Gasteiger partial charge in [-0.25, -0.2) is 4.39 Å². The molecule has 1 amide bonds. The Bertz CT molecular complexity index is 1100. The number of benzene rings is 2. The van der Waals surface area contributed by atoms with E-state index in [0.717, 1.165) is 24.1 Å². The topological polar surface area (TPSA) is 77.5 Å². The van der Waals surface area contributed by atoms with Crippen molar-refractivity contribution in [1.29, 1.82) is 0 Å². The van der Waals surface area contributed by atoms with Crippen LogP contribution in [0.3, 0.4) is 0 Å². The summed E-state index contributed by atoms with van der Waals surface area (Å²) in [6, 6.07) is 14.3. The molecule has 1 aliphatic rings. The highest BCUT2D eigenvalue weighted by Crippen LogP contribution is 2.29. The van der Waals surface area contributed by atoms with E-state index in [0.29, 0.717) is 29.9 Å². The van der Waals surface area contributed by atoms with Crippen molar-refractivity contribution < 1.29 is 36.6 Å². The fourth-order valence-electron chi connectivity index (χ4n) is 2.96. The minimum Gasteiger partial charge on any atom is -0.491 e. The summed E-state index contributed by atoms with van der Waals surface area (Å²) in [4.78, 5) is 27.2. The lowest BCUT2D eigenvalue weighted by Crippen LogP contribution is -2.32. The van der Waals surface area contributed by atoms with E-state index in [2.05, 4.69) is 15.0 Å². The van der Waals surface area contributed by atoms with Crippen LogP contribution in [-0.4, -0.2) is 30.1 Å². The van der Waals surface area contributed by atoms with E-state index in [1.807, 2.05) is 6.07 Å².